The molecule has 0 bridgehead atoms. The van der Waals surface area contributed by atoms with E-state index in [0.29, 0.717) is 0 Å². The molecule has 2 fully saturated rings. The Bertz CT molecular complexity index is 134. The van der Waals surface area contributed by atoms with Crippen molar-refractivity contribution in [2.45, 2.75) is 51.0 Å². The summed E-state index contributed by atoms with van der Waals surface area (Å²) in [4.78, 5) is 2.62. The van der Waals surface area contributed by atoms with E-state index in [4.69, 9.17) is 0 Å². The van der Waals surface area contributed by atoms with Crippen LogP contribution >= 0.6 is 0 Å². The lowest BCUT2D eigenvalue weighted by atomic mass is 9.94. The lowest BCUT2D eigenvalue weighted by Crippen LogP contribution is -2.34. The third kappa shape index (κ3) is 2.22. The van der Waals surface area contributed by atoms with Gasteiger partial charge in [-0.3, -0.25) is 0 Å². The van der Waals surface area contributed by atoms with Crippen LogP contribution in [0.2, 0.25) is 0 Å². The van der Waals surface area contributed by atoms with E-state index in [1.807, 2.05) is 0 Å². The van der Waals surface area contributed by atoms with Gasteiger partial charge in [-0.2, -0.15) is 0 Å². The van der Waals surface area contributed by atoms with Crippen molar-refractivity contribution in [3.8, 4) is 0 Å². The van der Waals surface area contributed by atoms with Gasteiger partial charge in [0, 0.05) is 12.6 Å². The maximum absolute atomic E-state index is 2.62. The zero-order valence-corrected chi connectivity index (χ0v) is 8.26. The average molecular weight is 167 g/mol. The predicted molar refractivity (Wildman–Crippen MR) is 52.2 cm³/mol. The quantitative estimate of drug-likeness (QED) is 0.624. The standard InChI is InChI=1S/C11H21N/c1-12(9-10-7-8-10)11-5-3-2-4-6-11/h10-11H,2-9H2,1H3. The molecule has 2 aliphatic rings. The number of hydrogen-bond acceptors (Lipinski definition) is 1. The van der Waals surface area contributed by atoms with Gasteiger partial charge < -0.3 is 4.90 Å². The summed E-state index contributed by atoms with van der Waals surface area (Å²) < 4.78 is 0. The highest BCUT2D eigenvalue weighted by Crippen LogP contribution is 2.31. The van der Waals surface area contributed by atoms with E-state index in [0.717, 1.165) is 12.0 Å². The molecule has 2 aliphatic carbocycles. The van der Waals surface area contributed by atoms with Crippen LogP contribution in [0.25, 0.3) is 0 Å². The monoisotopic (exact) mass is 167 g/mol. The van der Waals surface area contributed by atoms with E-state index in [9.17, 15) is 0 Å². The Morgan fingerprint density at radius 2 is 1.67 bits per heavy atom. The van der Waals surface area contributed by atoms with Gasteiger partial charge in [0.25, 0.3) is 0 Å². The molecule has 0 heterocycles. The van der Waals surface area contributed by atoms with Crippen LogP contribution in [0.3, 0.4) is 0 Å². The Morgan fingerprint density at radius 1 is 1.00 bits per heavy atom. The zero-order valence-electron chi connectivity index (χ0n) is 8.26. The fourth-order valence-corrected chi connectivity index (χ4v) is 2.38. The SMILES string of the molecule is CN(CC1CC1)C1CCCCC1. The van der Waals surface area contributed by atoms with E-state index in [1.54, 1.807) is 0 Å². The minimum atomic E-state index is 0.930. The Balaban J connectivity index is 1.72. The molecule has 0 spiro atoms. The Kier molecular flexibility index (Phi) is 2.69. The normalized spacial score (nSPS) is 26.5. The van der Waals surface area contributed by atoms with Crippen molar-refractivity contribution in [1.82, 2.24) is 4.90 Å². The van der Waals surface area contributed by atoms with Crippen molar-refractivity contribution in [3.63, 3.8) is 0 Å². The Morgan fingerprint density at radius 3 is 2.25 bits per heavy atom. The first-order chi connectivity index (χ1) is 5.86. The van der Waals surface area contributed by atoms with Gasteiger partial charge in [-0.1, -0.05) is 19.3 Å². The molecule has 0 radical (unpaired) electrons. The van der Waals surface area contributed by atoms with Gasteiger partial charge in [0.05, 0.1) is 0 Å². The molecule has 2 rings (SSSR count). The van der Waals surface area contributed by atoms with Crippen LogP contribution in [0.5, 0.6) is 0 Å². The van der Waals surface area contributed by atoms with Crippen molar-refractivity contribution in [2.24, 2.45) is 5.92 Å². The van der Waals surface area contributed by atoms with Gasteiger partial charge in [0.1, 0.15) is 0 Å². The van der Waals surface area contributed by atoms with Gasteiger partial charge in [0.15, 0.2) is 0 Å². The number of nitrogens with zero attached hydrogens (tertiary/aromatic N) is 1. The first-order valence-electron chi connectivity index (χ1n) is 5.56. The molecular weight excluding hydrogens is 146 g/mol. The van der Waals surface area contributed by atoms with E-state index in [-0.39, 0.29) is 0 Å². The summed E-state index contributed by atoms with van der Waals surface area (Å²) in [6.07, 6.45) is 10.3. The molecule has 0 saturated heterocycles. The summed E-state index contributed by atoms with van der Waals surface area (Å²) in [7, 11) is 2.33. The molecule has 0 aliphatic heterocycles. The highest BCUT2D eigenvalue weighted by molar-refractivity contribution is 4.80. The zero-order chi connectivity index (χ0) is 8.39. The molecule has 1 heteroatoms. The summed E-state index contributed by atoms with van der Waals surface area (Å²) >= 11 is 0. The van der Waals surface area contributed by atoms with Gasteiger partial charge in [-0.05, 0) is 38.6 Å². The lowest BCUT2D eigenvalue weighted by Gasteiger charge is -2.31. The summed E-state index contributed by atoms with van der Waals surface area (Å²) in [6, 6.07) is 0.930. The molecule has 2 saturated carbocycles. The Hall–Kier alpha value is -0.0400. The minimum absolute atomic E-state index is 0.930. The topological polar surface area (TPSA) is 3.24 Å². The van der Waals surface area contributed by atoms with Gasteiger partial charge in [-0.15, -0.1) is 0 Å². The van der Waals surface area contributed by atoms with Crippen LogP contribution < -0.4 is 0 Å². The third-order valence-corrected chi connectivity index (χ3v) is 3.44. The average Bonchev–Trinajstić information content (AvgIpc) is 2.90. The fraction of sp³-hybridized carbons (Fsp3) is 1.00. The second kappa shape index (κ2) is 3.78. The largest absolute Gasteiger partial charge is 0.303 e. The van der Waals surface area contributed by atoms with Gasteiger partial charge in [-0.25, -0.2) is 0 Å². The van der Waals surface area contributed by atoms with E-state index >= 15 is 0 Å². The third-order valence-electron chi connectivity index (χ3n) is 3.44. The van der Waals surface area contributed by atoms with Gasteiger partial charge in [0.2, 0.25) is 0 Å². The molecule has 0 unspecified atom stereocenters. The minimum Gasteiger partial charge on any atom is -0.303 e. The van der Waals surface area contributed by atoms with Crippen LogP contribution in [0.4, 0.5) is 0 Å². The number of hydrogen-bond donors (Lipinski definition) is 0. The van der Waals surface area contributed by atoms with Crippen molar-refractivity contribution in [1.29, 1.82) is 0 Å². The molecule has 70 valence electrons. The lowest BCUT2D eigenvalue weighted by molar-refractivity contribution is 0.185. The van der Waals surface area contributed by atoms with Crippen molar-refractivity contribution in [2.75, 3.05) is 13.6 Å². The van der Waals surface area contributed by atoms with Crippen LogP contribution in [0.15, 0.2) is 0 Å². The highest BCUT2D eigenvalue weighted by atomic mass is 15.1. The van der Waals surface area contributed by atoms with Crippen LogP contribution in [-0.4, -0.2) is 24.5 Å². The van der Waals surface area contributed by atoms with E-state index in [2.05, 4.69) is 11.9 Å². The fourth-order valence-electron chi connectivity index (χ4n) is 2.38. The molecule has 0 aromatic heterocycles. The number of rotatable bonds is 3. The molecule has 0 atom stereocenters. The van der Waals surface area contributed by atoms with Crippen LogP contribution in [0.1, 0.15) is 44.9 Å². The van der Waals surface area contributed by atoms with Crippen molar-refractivity contribution >= 4 is 0 Å². The first kappa shape index (κ1) is 8.55. The summed E-state index contributed by atoms with van der Waals surface area (Å²) in [5.74, 6) is 1.07. The summed E-state index contributed by atoms with van der Waals surface area (Å²) in [5, 5.41) is 0. The van der Waals surface area contributed by atoms with E-state index < -0.39 is 0 Å². The summed E-state index contributed by atoms with van der Waals surface area (Å²) in [5.41, 5.74) is 0. The molecule has 0 N–H and O–H groups in total. The van der Waals surface area contributed by atoms with Crippen molar-refractivity contribution in [3.05, 3.63) is 0 Å². The molecule has 12 heavy (non-hydrogen) atoms. The van der Waals surface area contributed by atoms with Crippen LogP contribution in [0, 0.1) is 5.92 Å². The summed E-state index contributed by atoms with van der Waals surface area (Å²) in [6.45, 7) is 1.38. The maximum Gasteiger partial charge on any atom is 0.00923 e. The second-order valence-corrected chi connectivity index (χ2v) is 4.67. The highest BCUT2D eigenvalue weighted by Gasteiger charge is 2.26. The molecular formula is C11H21N. The van der Waals surface area contributed by atoms with Crippen LogP contribution in [-0.2, 0) is 0 Å². The molecule has 0 amide bonds. The predicted octanol–water partition coefficient (Wildman–Crippen LogP) is 2.66. The van der Waals surface area contributed by atoms with Crippen molar-refractivity contribution < 1.29 is 0 Å². The molecule has 1 nitrogen and oxygen atoms in total. The Labute approximate surface area is 76.1 Å². The maximum atomic E-state index is 2.62. The first-order valence-corrected chi connectivity index (χ1v) is 5.56. The smallest absolute Gasteiger partial charge is 0.00923 e. The molecule has 0 aromatic rings. The van der Waals surface area contributed by atoms with E-state index in [1.165, 1.54) is 51.5 Å². The van der Waals surface area contributed by atoms with Gasteiger partial charge >= 0.3 is 0 Å². The second-order valence-electron chi connectivity index (χ2n) is 4.67. The molecule has 0 aromatic carbocycles.